The van der Waals surface area contributed by atoms with Crippen LogP contribution in [0.5, 0.6) is 5.75 Å². The van der Waals surface area contributed by atoms with Crippen molar-refractivity contribution in [3.05, 3.63) is 45.7 Å². The number of hydrogen-bond donors (Lipinski definition) is 3. The number of pyridine rings is 1. The largest absolute Gasteiger partial charge is 0.490 e. The van der Waals surface area contributed by atoms with E-state index in [0.717, 1.165) is 0 Å². The zero-order valence-electron chi connectivity index (χ0n) is 15.0. The molecule has 1 heterocycles. The van der Waals surface area contributed by atoms with E-state index < -0.39 is 0 Å². The fourth-order valence-corrected chi connectivity index (χ4v) is 2.51. The van der Waals surface area contributed by atoms with Crippen molar-refractivity contribution in [3.8, 4) is 5.75 Å². The molecule has 0 amide bonds. The smallest absolute Gasteiger partial charge is 0.191 e. The van der Waals surface area contributed by atoms with E-state index in [0.29, 0.717) is 46.5 Å². The topological polar surface area (TPSA) is 102 Å². The number of fused-ring (bicyclic) bond motifs is 1. The predicted octanol–water partition coefficient (Wildman–Crippen LogP) is 2.90. The number of nitrogens with one attached hydrogen (secondary N) is 2. The van der Waals surface area contributed by atoms with E-state index >= 15 is 0 Å². The van der Waals surface area contributed by atoms with Crippen LogP contribution >= 0.6 is 11.6 Å². The Morgan fingerprint density at radius 2 is 2.19 bits per heavy atom. The van der Waals surface area contributed by atoms with Gasteiger partial charge in [-0.25, -0.2) is 0 Å². The Balaban J connectivity index is 2.28. The molecule has 0 unspecified atom stereocenters. The first-order chi connectivity index (χ1) is 12.4. The molecule has 2 aromatic rings. The molecule has 4 N–H and O–H groups in total. The normalized spacial score (nSPS) is 12.3. The first-order valence-corrected chi connectivity index (χ1v) is 8.53. The van der Waals surface area contributed by atoms with E-state index in [1.165, 1.54) is 6.07 Å². The molecule has 0 aliphatic heterocycles. The van der Waals surface area contributed by atoms with Gasteiger partial charge in [-0.05, 0) is 32.1 Å². The quantitative estimate of drug-likeness (QED) is 0.372. The maximum absolute atomic E-state index is 12.3. The monoisotopic (exact) mass is 378 g/mol. The summed E-state index contributed by atoms with van der Waals surface area (Å²) >= 11 is 6.39. The number of H-pyrrole nitrogens is 1. The van der Waals surface area contributed by atoms with Crippen LogP contribution in [0, 0.1) is 0 Å². The molecule has 140 valence electrons. The summed E-state index contributed by atoms with van der Waals surface area (Å²) in [5.74, 6) is 1.35. The highest BCUT2D eigenvalue weighted by Gasteiger charge is 2.10. The Morgan fingerprint density at radius 1 is 1.42 bits per heavy atom. The summed E-state index contributed by atoms with van der Waals surface area (Å²) in [7, 11) is 1.59. The zero-order valence-corrected chi connectivity index (χ0v) is 15.8. The lowest BCUT2D eigenvalue weighted by molar-refractivity contribution is 0.146. The predicted molar refractivity (Wildman–Crippen MR) is 106 cm³/mol. The van der Waals surface area contributed by atoms with Gasteiger partial charge in [-0.2, -0.15) is 0 Å². The fourth-order valence-electron chi connectivity index (χ4n) is 2.25. The Morgan fingerprint density at radius 3 is 2.88 bits per heavy atom. The average Bonchev–Trinajstić information content (AvgIpc) is 2.57. The summed E-state index contributed by atoms with van der Waals surface area (Å²) in [6, 6.07) is 4.90. The molecule has 7 nitrogen and oxygen atoms in total. The number of anilines is 1. The molecule has 0 radical (unpaired) electrons. The Kier molecular flexibility index (Phi) is 7.06. The van der Waals surface area contributed by atoms with Gasteiger partial charge in [-0.15, -0.1) is 0 Å². The third-order valence-corrected chi connectivity index (χ3v) is 3.73. The lowest BCUT2D eigenvalue weighted by atomic mass is 10.2. The van der Waals surface area contributed by atoms with Crippen molar-refractivity contribution in [3.63, 3.8) is 0 Å². The second kappa shape index (κ2) is 9.26. The molecule has 0 saturated heterocycles. The van der Waals surface area contributed by atoms with Crippen molar-refractivity contribution in [1.29, 1.82) is 0 Å². The first kappa shape index (κ1) is 19.8. The molecule has 0 aliphatic carbocycles. The third kappa shape index (κ3) is 5.24. The van der Waals surface area contributed by atoms with Gasteiger partial charge in [0.05, 0.1) is 12.1 Å². The molecule has 0 aliphatic rings. The van der Waals surface area contributed by atoms with Gasteiger partial charge in [-0.1, -0.05) is 11.6 Å². The van der Waals surface area contributed by atoms with Gasteiger partial charge in [0.25, 0.3) is 0 Å². The lowest BCUT2D eigenvalue weighted by Crippen LogP contribution is -2.12. The minimum Gasteiger partial charge on any atom is -0.490 e. The molecule has 1 aromatic heterocycles. The van der Waals surface area contributed by atoms with Crippen LogP contribution in [0.15, 0.2) is 40.3 Å². The van der Waals surface area contributed by atoms with E-state index in [4.69, 9.17) is 26.8 Å². The number of halogens is 1. The standard InChI is InChI=1S/C18H23ClN4O3/c1-11(2)22-15(20)6-7-21-16-10-13(24)12-4-5-14(26-9-8-25-3)17(19)18(12)23-16/h4-7,10-11H,8-9H2,1-3H3,(H2,20,22)(H2,21,23,24)/b7-6-. The van der Waals surface area contributed by atoms with Gasteiger partial charge < -0.3 is 25.5 Å². The van der Waals surface area contributed by atoms with Crippen LogP contribution in [0.4, 0.5) is 5.82 Å². The molecule has 0 saturated carbocycles. The number of rotatable bonds is 8. The summed E-state index contributed by atoms with van der Waals surface area (Å²) in [6.45, 7) is 4.67. The van der Waals surface area contributed by atoms with E-state index in [1.54, 1.807) is 31.5 Å². The second-order valence-corrected chi connectivity index (χ2v) is 6.19. The van der Waals surface area contributed by atoms with Crippen molar-refractivity contribution in [1.82, 2.24) is 4.98 Å². The van der Waals surface area contributed by atoms with E-state index in [-0.39, 0.29) is 11.5 Å². The van der Waals surface area contributed by atoms with Gasteiger partial charge in [0.15, 0.2) is 5.43 Å². The van der Waals surface area contributed by atoms with E-state index in [1.807, 2.05) is 13.8 Å². The Hall–Kier alpha value is -2.51. The molecule has 0 fully saturated rings. The molecule has 8 heteroatoms. The minimum absolute atomic E-state index is 0.107. The Bertz CT molecular complexity index is 875. The van der Waals surface area contributed by atoms with E-state index in [9.17, 15) is 4.79 Å². The average molecular weight is 379 g/mol. The number of methoxy groups -OCH3 is 1. The summed E-state index contributed by atoms with van der Waals surface area (Å²) in [5, 5.41) is 3.78. The van der Waals surface area contributed by atoms with Crippen LogP contribution in [0.3, 0.4) is 0 Å². The number of aliphatic imine (C=N–C) groups is 1. The van der Waals surface area contributed by atoms with Gasteiger partial charge >= 0.3 is 0 Å². The molecule has 2 rings (SSSR count). The van der Waals surface area contributed by atoms with Crippen LogP contribution in [0.1, 0.15) is 13.8 Å². The first-order valence-electron chi connectivity index (χ1n) is 8.16. The summed E-state index contributed by atoms with van der Waals surface area (Å²) in [4.78, 5) is 19.6. The molecular formula is C18H23ClN4O3. The summed E-state index contributed by atoms with van der Waals surface area (Å²) in [5.41, 5.74) is 6.10. The Labute approximate surface area is 156 Å². The van der Waals surface area contributed by atoms with Crippen molar-refractivity contribution < 1.29 is 9.47 Å². The van der Waals surface area contributed by atoms with Crippen molar-refractivity contribution >= 4 is 34.2 Å². The molecular weight excluding hydrogens is 356 g/mol. The SMILES string of the molecule is COCCOc1ccc2c(=O)cc(N/C=C\C(N)=NC(C)C)[nH]c2c1Cl. The zero-order chi connectivity index (χ0) is 19.1. The third-order valence-electron chi connectivity index (χ3n) is 3.35. The number of nitrogens with zero attached hydrogens (tertiary/aromatic N) is 1. The number of nitrogens with two attached hydrogens (primary N) is 1. The number of amidine groups is 1. The number of aromatic amines is 1. The maximum Gasteiger partial charge on any atom is 0.191 e. The van der Waals surface area contributed by atoms with Crippen LogP contribution in [0.2, 0.25) is 5.02 Å². The molecule has 0 bridgehead atoms. The lowest BCUT2D eigenvalue weighted by Gasteiger charge is -2.11. The number of benzene rings is 1. The fraction of sp³-hybridized carbons (Fsp3) is 0.333. The second-order valence-electron chi connectivity index (χ2n) is 5.81. The van der Waals surface area contributed by atoms with Gasteiger partial charge in [0.1, 0.15) is 29.0 Å². The molecule has 0 atom stereocenters. The van der Waals surface area contributed by atoms with Gasteiger partial charge in [0.2, 0.25) is 0 Å². The van der Waals surface area contributed by atoms with Crippen LogP contribution in [0.25, 0.3) is 10.9 Å². The van der Waals surface area contributed by atoms with Crippen LogP contribution in [-0.2, 0) is 4.74 Å². The number of ether oxygens (including phenoxy) is 2. The van der Waals surface area contributed by atoms with E-state index in [2.05, 4.69) is 15.3 Å². The van der Waals surface area contributed by atoms with Crippen molar-refractivity contribution in [2.24, 2.45) is 10.7 Å². The van der Waals surface area contributed by atoms with Crippen LogP contribution in [-0.4, -0.2) is 37.2 Å². The number of aromatic nitrogens is 1. The molecule has 1 aromatic carbocycles. The molecule has 26 heavy (non-hydrogen) atoms. The van der Waals surface area contributed by atoms with Gasteiger partial charge in [-0.3, -0.25) is 9.79 Å². The summed E-state index contributed by atoms with van der Waals surface area (Å²) < 4.78 is 10.5. The highest BCUT2D eigenvalue weighted by Crippen LogP contribution is 2.31. The highest BCUT2D eigenvalue weighted by atomic mass is 35.5. The van der Waals surface area contributed by atoms with Crippen molar-refractivity contribution in [2.45, 2.75) is 19.9 Å². The minimum atomic E-state index is -0.163. The van der Waals surface area contributed by atoms with Crippen molar-refractivity contribution in [2.75, 3.05) is 25.6 Å². The number of hydrogen-bond acceptors (Lipinski definition) is 5. The van der Waals surface area contributed by atoms with Gasteiger partial charge in [0, 0.05) is 30.8 Å². The van der Waals surface area contributed by atoms with Crippen LogP contribution < -0.4 is 21.2 Å². The maximum atomic E-state index is 12.3. The molecule has 0 spiro atoms. The summed E-state index contributed by atoms with van der Waals surface area (Å²) in [6.07, 6.45) is 3.22. The highest BCUT2D eigenvalue weighted by molar-refractivity contribution is 6.36.